The fraction of sp³-hybridized carbons (Fsp3) is 0.0870. The number of carbonyl (C=O) groups is 2. The lowest BCUT2D eigenvalue weighted by atomic mass is 10.1. The number of non-ortho nitro benzene ring substituents is 1. The van der Waals surface area contributed by atoms with Crippen LogP contribution in [0.15, 0.2) is 60.7 Å². The van der Waals surface area contributed by atoms with Crippen molar-refractivity contribution < 1.29 is 14.5 Å². The number of hydrogen-bond acceptors (Lipinski definition) is 6. The fourth-order valence-corrected chi connectivity index (χ4v) is 4.61. The maximum atomic E-state index is 12.2. The number of benzene rings is 2. The van der Waals surface area contributed by atoms with E-state index in [0.717, 1.165) is 16.0 Å². The summed E-state index contributed by atoms with van der Waals surface area (Å²) in [5.74, 6) is -1.12. The van der Waals surface area contributed by atoms with Crippen molar-refractivity contribution >= 4 is 57.2 Å². The SMILES string of the molecule is Cc1c(Cc2ccccc2)sc(NC(=S)NC(=O)/C=C/c2cccc([N+](=O)[O-])c2)c1C(N)=O. The minimum Gasteiger partial charge on any atom is -0.365 e. The van der Waals surface area contributed by atoms with E-state index in [4.69, 9.17) is 18.0 Å². The van der Waals surface area contributed by atoms with Crippen molar-refractivity contribution in [1.29, 1.82) is 0 Å². The molecule has 2 amide bonds. The Morgan fingerprint density at radius 2 is 1.91 bits per heavy atom. The van der Waals surface area contributed by atoms with Gasteiger partial charge in [-0.3, -0.25) is 25.0 Å². The molecule has 10 heteroatoms. The van der Waals surface area contributed by atoms with E-state index >= 15 is 0 Å². The van der Waals surface area contributed by atoms with Crippen LogP contribution in [-0.4, -0.2) is 21.9 Å². The molecule has 0 saturated carbocycles. The average Bonchev–Trinajstić information content (AvgIpc) is 3.07. The van der Waals surface area contributed by atoms with Crippen LogP contribution in [0.1, 0.15) is 31.9 Å². The number of amides is 2. The Morgan fingerprint density at radius 1 is 1.18 bits per heavy atom. The molecular formula is C23H20N4O4S2. The third-order valence-corrected chi connectivity index (χ3v) is 6.08. The first-order valence-electron chi connectivity index (χ1n) is 9.75. The fourth-order valence-electron chi connectivity index (χ4n) is 3.10. The summed E-state index contributed by atoms with van der Waals surface area (Å²) in [6.07, 6.45) is 3.28. The van der Waals surface area contributed by atoms with Gasteiger partial charge in [-0.25, -0.2) is 0 Å². The largest absolute Gasteiger partial charge is 0.365 e. The van der Waals surface area contributed by atoms with Crippen molar-refractivity contribution in [3.05, 3.63) is 97.9 Å². The van der Waals surface area contributed by atoms with E-state index in [1.807, 2.05) is 37.3 Å². The summed E-state index contributed by atoms with van der Waals surface area (Å²) in [6, 6.07) is 15.7. The normalized spacial score (nSPS) is 10.7. The second kappa shape index (κ2) is 10.6. The monoisotopic (exact) mass is 480 g/mol. The van der Waals surface area contributed by atoms with Gasteiger partial charge in [0.1, 0.15) is 5.00 Å². The molecule has 0 fully saturated rings. The molecule has 0 bridgehead atoms. The van der Waals surface area contributed by atoms with Gasteiger partial charge in [0.15, 0.2) is 5.11 Å². The van der Waals surface area contributed by atoms with E-state index < -0.39 is 16.7 Å². The summed E-state index contributed by atoms with van der Waals surface area (Å²) in [6.45, 7) is 1.82. The molecule has 0 spiro atoms. The molecule has 0 unspecified atom stereocenters. The maximum absolute atomic E-state index is 12.2. The first-order valence-corrected chi connectivity index (χ1v) is 11.0. The molecule has 4 N–H and O–H groups in total. The Kier molecular flexibility index (Phi) is 7.65. The van der Waals surface area contributed by atoms with Gasteiger partial charge in [-0.1, -0.05) is 42.5 Å². The van der Waals surface area contributed by atoms with Gasteiger partial charge in [0.05, 0.1) is 10.5 Å². The van der Waals surface area contributed by atoms with Crippen LogP contribution in [0.4, 0.5) is 10.7 Å². The summed E-state index contributed by atoms with van der Waals surface area (Å²) in [7, 11) is 0. The molecule has 0 aliphatic heterocycles. The van der Waals surface area contributed by atoms with Crippen LogP contribution in [0, 0.1) is 17.0 Å². The van der Waals surface area contributed by atoms with E-state index in [2.05, 4.69) is 10.6 Å². The molecule has 3 aromatic rings. The number of thiophene rings is 1. The van der Waals surface area contributed by atoms with Crippen molar-refractivity contribution in [2.45, 2.75) is 13.3 Å². The highest BCUT2D eigenvalue weighted by Crippen LogP contribution is 2.34. The number of nitrogens with zero attached hydrogens (tertiary/aromatic N) is 1. The van der Waals surface area contributed by atoms with E-state index in [1.165, 1.54) is 41.7 Å². The van der Waals surface area contributed by atoms with Gasteiger partial charge in [0.25, 0.3) is 11.6 Å². The topological polar surface area (TPSA) is 127 Å². The molecular weight excluding hydrogens is 460 g/mol. The van der Waals surface area contributed by atoms with Crippen LogP contribution < -0.4 is 16.4 Å². The van der Waals surface area contributed by atoms with Gasteiger partial charge < -0.3 is 11.1 Å². The van der Waals surface area contributed by atoms with Gasteiger partial charge >= 0.3 is 0 Å². The number of thiocarbonyl (C=S) groups is 1. The number of hydrogen-bond donors (Lipinski definition) is 3. The third-order valence-electron chi connectivity index (χ3n) is 4.67. The predicted octanol–water partition coefficient (Wildman–Crippen LogP) is 4.18. The molecule has 0 aliphatic rings. The van der Waals surface area contributed by atoms with E-state index in [0.29, 0.717) is 22.5 Å². The molecule has 33 heavy (non-hydrogen) atoms. The summed E-state index contributed by atoms with van der Waals surface area (Å²) in [5, 5.41) is 16.7. The highest BCUT2D eigenvalue weighted by molar-refractivity contribution is 7.80. The summed E-state index contributed by atoms with van der Waals surface area (Å²) in [4.78, 5) is 35.6. The smallest absolute Gasteiger partial charge is 0.270 e. The lowest BCUT2D eigenvalue weighted by Gasteiger charge is -2.07. The third kappa shape index (κ3) is 6.31. The van der Waals surface area contributed by atoms with Crippen molar-refractivity contribution in [2.24, 2.45) is 5.73 Å². The van der Waals surface area contributed by atoms with Crippen LogP contribution in [0.2, 0.25) is 0 Å². The number of rotatable bonds is 7. The van der Waals surface area contributed by atoms with E-state index in [9.17, 15) is 19.7 Å². The van der Waals surface area contributed by atoms with Crippen molar-refractivity contribution in [1.82, 2.24) is 5.32 Å². The highest BCUT2D eigenvalue weighted by atomic mass is 32.1. The molecule has 2 aromatic carbocycles. The molecule has 168 valence electrons. The zero-order valence-corrected chi connectivity index (χ0v) is 19.2. The Bertz CT molecular complexity index is 1250. The highest BCUT2D eigenvalue weighted by Gasteiger charge is 2.20. The van der Waals surface area contributed by atoms with Crippen LogP contribution in [0.25, 0.3) is 6.08 Å². The number of nitrogens with two attached hydrogens (primary N) is 1. The van der Waals surface area contributed by atoms with Crippen molar-refractivity contribution in [3.8, 4) is 0 Å². The first-order chi connectivity index (χ1) is 15.7. The second-order valence-corrected chi connectivity index (χ2v) is 8.52. The van der Waals surface area contributed by atoms with E-state index in [1.54, 1.807) is 6.07 Å². The van der Waals surface area contributed by atoms with Gasteiger partial charge in [-0.2, -0.15) is 0 Å². The number of primary amides is 1. The molecule has 0 radical (unpaired) electrons. The first kappa shape index (κ1) is 23.8. The van der Waals surface area contributed by atoms with Crippen molar-refractivity contribution in [3.63, 3.8) is 0 Å². The molecule has 8 nitrogen and oxygen atoms in total. The zero-order chi connectivity index (χ0) is 24.0. The van der Waals surface area contributed by atoms with Crippen LogP contribution in [0.5, 0.6) is 0 Å². The number of nitrogens with one attached hydrogen (secondary N) is 2. The molecule has 1 aromatic heterocycles. The lowest BCUT2D eigenvalue weighted by molar-refractivity contribution is -0.384. The van der Waals surface area contributed by atoms with Gasteiger partial charge in [-0.05, 0) is 41.9 Å². The lowest BCUT2D eigenvalue weighted by Crippen LogP contribution is -2.33. The number of nitro groups is 1. The number of carbonyl (C=O) groups excluding carboxylic acids is 2. The van der Waals surface area contributed by atoms with Crippen LogP contribution >= 0.6 is 23.6 Å². The van der Waals surface area contributed by atoms with Crippen LogP contribution in [0.3, 0.4) is 0 Å². The maximum Gasteiger partial charge on any atom is 0.270 e. The quantitative estimate of drug-likeness (QED) is 0.201. The minimum absolute atomic E-state index is 0.00120. The van der Waals surface area contributed by atoms with Gasteiger partial charge in [0, 0.05) is 29.5 Å². The summed E-state index contributed by atoms with van der Waals surface area (Å²) < 4.78 is 0. The van der Waals surface area contributed by atoms with Crippen molar-refractivity contribution in [2.75, 3.05) is 5.32 Å². The molecule has 0 atom stereocenters. The summed E-state index contributed by atoms with van der Waals surface area (Å²) in [5.41, 5.74) is 8.18. The van der Waals surface area contributed by atoms with Crippen LogP contribution in [-0.2, 0) is 11.2 Å². The average molecular weight is 481 g/mol. The standard InChI is InChI=1S/C23H20N4O4S2/c1-14-18(13-15-6-3-2-4-7-15)33-22(20(14)21(24)29)26-23(32)25-19(28)11-10-16-8-5-9-17(12-16)27(30)31/h2-12H,13H2,1H3,(H2,24,29)(H2,25,26,28,32)/b11-10+. The minimum atomic E-state index is -0.592. The Hall–Kier alpha value is -3.89. The molecule has 3 rings (SSSR count). The summed E-state index contributed by atoms with van der Waals surface area (Å²) >= 11 is 6.56. The molecule has 0 aliphatic carbocycles. The Balaban J connectivity index is 1.69. The zero-order valence-electron chi connectivity index (χ0n) is 17.5. The second-order valence-electron chi connectivity index (χ2n) is 7.01. The molecule has 1 heterocycles. The Morgan fingerprint density at radius 3 is 2.58 bits per heavy atom. The number of nitro benzene ring substituents is 1. The van der Waals surface area contributed by atoms with Gasteiger partial charge in [-0.15, -0.1) is 11.3 Å². The predicted molar refractivity (Wildman–Crippen MR) is 133 cm³/mol. The van der Waals surface area contributed by atoms with Gasteiger partial charge in [0.2, 0.25) is 5.91 Å². The number of anilines is 1. The molecule has 0 saturated heterocycles. The van der Waals surface area contributed by atoms with E-state index in [-0.39, 0.29) is 10.8 Å². The Labute approximate surface area is 199 Å².